The molecule has 0 saturated heterocycles. The molecule has 1 aromatic carbocycles. The van der Waals surface area contributed by atoms with E-state index in [9.17, 15) is 17.6 Å². The van der Waals surface area contributed by atoms with Gasteiger partial charge < -0.3 is 10.2 Å². The molecule has 1 aromatic rings. The monoisotopic (exact) mass is 278 g/mol. The van der Waals surface area contributed by atoms with Crippen molar-refractivity contribution < 1.29 is 17.6 Å². The summed E-state index contributed by atoms with van der Waals surface area (Å²) in [4.78, 5) is 0.901. The van der Waals surface area contributed by atoms with Crippen molar-refractivity contribution in [2.75, 3.05) is 25.0 Å². The summed E-state index contributed by atoms with van der Waals surface area (Å²) in [7, 11) is 1.25. The molecular formula is C13H18F4N2. The third-order valence-electron chi connectivity index (χ3n) is 2.61. The molecule has 108 valence electrons. The SMILES string of the molecule is CCCNCc1cccc(F)c1N(C)CC(F)(F)F. The highest BCUT2D eigenvalue weighted by Crippen LogP contribution is 2.26. The maximum atomic E-state index is 13.7. The molecule has 6 heteroatoms. The van der Waals surface area contributed by atoms with Gasteiger partial charge in [-0.1, -0.05) is 19.1 Å². The van der Waals surface area contributed by atoms with Gasteiger partial charge in [-0.25, -0.2) is 4.39 Å². The highest BCUT2D eigenvalue weighted by molar-refractivity contribution is 5.54. The van der Waals surface area contributed by atoms with Crippen molar-refractivity contribution in [3.8, 4) is 0 Å². The standard InChI is InChI=1S/C13H18F4N2/c1-3-7-18-8-10-5-4-6-11(14)12(10)19(2)9-13(15,16)17/h4-6,18H,3,7-9H2,1-2H3. The molecule has 0 heterocycles. The molecule has 0 spiro atoms. The van der Waals surface area contributed by atoms with Crippen LogP contribution in [0.15, 0.2) is 18.2 Å². The summed E-state index contributed by atoms with van der Waals surface area (Å²) in [5.41, 5.74) is 0.531. The van der Waals surface area contributed by atoms with Crippen LogP contribution in [0.1, 0.15) is 18.9 Å². The molecule has 0 aromatic heterocycles. The zero-order valence-electron chi connectivity index (χ0n) is 11.0. The van der Waals surface area contributed by atoms with E-state index in [0.717, 1.165) is 17.9 Å². The van der Waals surface area contributed by atoms with Crippen molar-refractivity contribution in [1.29, 1.82) is 0 Å². The van der Waals surface area contributed by atoms with Crippen LogP contribution in [0.3, 0.4) is 0 Å². The van der Waals surface area contributed by atoms with Crippen molar-refractivity contribution in [1.82, 2.24) is 5.32 Å². The number of halogens is 4. The van der Waals surface area contributed by atoms with Gasteiger partial charge in [0.15, 0.2) is 0 Å². The van der Waals surface area contributed by atoms with E-state index >= 15 is 0 Å². The molecule has 1 N–H and O–H groups in total. The van der Waals surface area contributed by atoms with Gasteiger partial charge in [-0.15, -0.1) is 0 Å². The normalized spacial score (nSPS) is 11.7. The minimum Gasteiger partial charge on any atom is -0.363 e. The second-order valence-electron chi connectivity index (χ2n) is 4.40. The van der Waals surface area contributed by atoms with Crippen molar-refractivity contribution in [2.45, 2.75) is 26.1 Å². The third-order valence-corrected chi connectivity index (χ3v) is 2.61. The second-order valence-corrected chi connectivity index (χ2v) is 4.40. The summed E-state index contributed by atoms with van der Waals surface area (Å²) in [6, 6.07) is 4.31. The van der Waals surface area contributed by atoms with Crippen LogP contribution < -0.4 is 10.2 Å². The third kappa shape index (κ3) is 5.06. The molecule has 2 nitrogen and oxygen atoms in total. The Morgan fingerprint density at radius 1 is 1.26 bits per heavy atom. The van der Waals surface area contributed by atoms with Gasteiger partial charge in [0, 0.05) is 13.6 Å². The van der Waals surface area contributed by atoms with Gasteiger partial charge in [-0.05, 0) is 24.6 Å². The number of alkyl halides is 3. The lowest BCUT2D eigenvalue weighted by atomic mass is 10.1. The number of anilines is 1. The van der Waals surface area contributed by atoms with Gasteiger partial charge in [0.1, 0.15) is 12.4 Å². The molecule has 0 aliphatic rings. The van der Waals surface area contributed by atoms with Crippen LogP contribution in [0.4, 0.5) is 23.2 Å². The predicted molar refractivity (Wildman–Crippen MR) is 67.7 cm³/mol. The van der Waals surface area contributed by atoms with Crippen LogP contribution in [0.2, 0.25) is 0 Å². The molecule has 0 fully saturated rings. The molecule has 0 atom stereocenters. The predicted octanol–water partition coefficient (Wildman–Crippen LogP) is 3.32. The number of para-hydroxylation sites is 1. The highest BCUT2D eigenvalue weighted by Gasteiger charge is 2.30. The Labute approximate surface area is 110 Å². The average molecular weight is 278 g/mol. The van der Waals surface area contributed by atoms with Gasteiger partial charge in [-0.2, -0.15) is 13.2 Å². The zero-order chi connectivity index (χ0) is 14.5. The minimum atomic E-state index is -4.36. The Hall–Kier alpha value is -1.30. The fourth-order valence-electron chi connectivity index (χ4n) is 1.88. The van der Waals surface area contributed by atoms with Crippen LogP contribution in [0.25, 0.3) is 0 Å². The molecule has 0 aliphatic carbocycles. The van der Waals surface area contributed by atoms with Crippen molar-refractivity contribution in [2.24, 2.45) is 0 Å². The van der Waals surface area contributed by atoms with Crippen LogP contribution in [0.5, 0.6) is 0 Å². The van der Waals surface area contributed by atoms with Crippen LogP contribution >= 0.6 is 0 Å². The van der Waals surface area contributed by atoms with Crippen molar-refractivity contribution in [3.05, 3.63) is 29.6 Å². The number of nitrogens with one attached hydrogen (secondary N) is 1. The van der Waals surface area contributed by atoms with Gasteiger partial charge in [0.05, 0.1) is 5.69 Å². The Balaban J connectivity index is 2.90. The zero-order valence-corrected chi connectivity index (χ0v) is 11.0. The molecule has 0 unspecified atom stereocenters. The summed E-state index contributed by atoms with van der Waals surface area (Å²) in [6.07, 6.45) is -3.45. The van der Waals surface area contributed by atoms with Gasteiger partial charge in [-0.3, -0.25) is 0 Å². The molecule has 0 aliphatic heterocycles. The van der Waals surface area contributed by atoms with Gasteiger partial charge in [0.25, 0.3) is 0 Å². The summed E-state index contributed by atoms with van der Waals surface area (Å²) >= 11 is 0. The first-order chi connectivity index (χ1) is 8.85. The number of hydrogen-bond donors (Lipinski definition) is 1. The molecule has 19 heavy (non-hydrogen) atoms. The smallest absolute Gasteiger partial charge is 0.363 e. The Morgan fingerprint density at radius 3 is 2.53 bits per heavy atom. The Bertz CT molecular complexity index is 404. The van der Waals surface area contributed by atoms with E-state index in [0.29, 0.717) is 12.1 Å². The average Bonchev–Trinajstić information content (AvgIpc) is 2.26. The van der Waals surface area contributed by atoms with Crippen molar-refractivity contribution >= 4 is 5.69 Å². The van der Waals surface area contributed by atoms with E-state index < -0.39 is 18.5 Å². The largest absolute Gasteiger partial charge is 0.405 e. The highest BCUT2D eigenvalue weighted by atomic mass is 19.4. The quantitative estimate of drug-likeness (QED) is 0.634. The molecule has 0 saturated carbocycles. The van der Waals surface area contributed by atoms with E-state index in [4.69, 9.17) is 0 Å². The molecule has 0 amide bonds. The van der Waals surface area contributed by atoms with Crippen LogP contribution in [-0.4, -0.2) is 26.3 Å². The van der Waals surface area contributed by atoms with Crippen LogP contribution in [0, 0.1) is 5.82 Å². The number of hydrogen-bond acceptors (Lipinski definition) is 2. The van der Waals surface area contributed by atoms with Crippen molar-refractivity contribution in [3.63, 3.8) is 0 Å². The van der Waals surface area contributed by atoms with E-state index in [-0.39, 0.29) is 5.69 Å². The van der Waals surface area contributed by atoms with Crippen LogP contribution in [-0.2, 0) is 6.54 Å². The molecule has 0 bridgehead atoms. The summed E-state index contributed by atoms with van der Waals surface area (Å²) in [6.45, 7) is 1.89. The fraction of sp³-hybridized carbons (Fsp3) is 0.538. The van der Waals surface area contributed by atoms with E-state index in [1.54, 1.807) is 6.07 Å². The Kier molecular flexibility index (Phi) is 5.60. The first-order valence-corrected chi connectivity index (χ1v) is 6.11. The summed E-state index contributed by atoms with van der Waals surface area (Å²) in [5.74, 6) is -0.637. The lowest BCUT2D eigenvalue weighted by molar-refractivity contribution is -0.119. The lowest BCUT2D eigenvalue weighted by Crippen LogP contribution is -2.32. The number of nitrogens with zero attached hydrogens (tertiary/aromatic N) is 1. The maximum absolute atomic E-state index is 13.7. The van der Waals surface area contributed by atoms with E-state index in [1.807, 2.05) is 6.92 Å². The molecule has 0 radical (unpaired) electrons. The topological polar surface area (TPSA) is 15.3 Å². The second kappa shape index (κ2) is 6.75. The Morgan fingerprint density at radius 2 is 1.95 bits per heavy atom. The van der Waals surface area contributed by atoms with E-state index in [1.165, 1.54) is 19.2 Å². The molecule has 1 rings (SSSR count). The minimum absolute atomic E-state index is 0.00317. The maximum Gasteiger partial charge on any atom is 0.405 e. The van der Waals surface area contributed by atoms with Gasteiger partial charge >= 0.3 is 6.18 Å². The number of benzene rings is 1. The summed E-state index contributed by atoms with van der Waals surface area (Å²) in [5, 5.41) is 3.06. The first-order valence-electron chi connectivity index (χ1n) is 6.11. The summed E-state index contributed by atoms with van der Waals surface area (Å²) < 4.78 is 50.9. The fourth-order valence-corrected chi connectivity index (χ4v) is 1.88. The number of rotatable bonds is 6. The molecular weight excluding hydrogens is 260 g/mol. The first kappa shape index (κ1) is 15.8. The lowest BCUT2D eigenvalue weighted by Gasteiger charge is -2.24. The van der Waals surface area contributed by atoms with E-state index in [2.05, 4.69) is 5.32 Å². The van der Waals surface area contributed by atoms with Gasteiger partial charge in [0.2, 0.25) is 0 Å².